The first-order valence-corrected chi connectivity index (χ1v) is 22.5. The van der Waals surface area contributed by atoms with Crippen molar-refractivity contribution in [2.75, 3.05) is 79.1 Å². The van der Waals surface area contributed by atoms with Gasteiger partial charge in [0.2, 0.25) is 11.8 Å². The molecule has 4 fully saturated rings. The number of fused-ring (bicyclic) bond motifs is 1. The number of hydrogen-bond donors (Lipinski definition) is 1. The van der Waals surface area contributed by atoms with Crippen molar-refractivity contribution in [1.82, 2.24) is 44.3 Å². The van der Waals surface area contributed by atoms with Gasteiger partial charge in [0, 0.05) is 119 Å². The number of aromatic nitrogens is 7. The van der Waals surface area contributed by atoms with Crippen molar-refractivity contribution >= 4 is 51.6 Å². The third kappa shape index (κ3) is 7.54. The molecule has 0 saturated carbocycles. The number of pyridine rings is 2. The van der Waals surface area contributed by atoms with E-state index in [9.17, 15) is 19.2 Å². The van der Waals surface area contributed by atoms with Crippen LogP contribution in [0, 0.1) is 0 Å². The van der Waals surface area contributed by atoms with Gasteiger partial charge in [-0.2, -0.15) is 5.10 Å². The van der Waals surface area contributed by atoms with Crippen LogP contribution in [0.5, 0.6) is 6.01 Å². The van der Waals surface area contributed by atoms with Crippen molar-refractivity contribution in [2.45, 2.75) is 51.0 Å². The van der Waals surface area contributed by atoms with Crippen LogP contribution in [-0.2, 0) is 30.1 Å². The molecule has 336 valence electrons. The molecule has 1 unspecified atom stereocenters. The molecule has 6 aromatic rings. The Kier molecular flexibility index (Phi) is 11.0. The van der Waals surface area contributed by atoms with E-state index in [-0.39, 0.29) is 29.5 Å². The van der Waals surface area contributed by atoms with Crippen LogP contribution in [0.1, 0.15) is 49.8 Å². The molecule has 4 aliphatic heterocycles. The maximum Gasteiger partial charge on any atom is 0.353 e. The number of hydrogen-bond acceptors (Lipinski definition) is 12. The van der Waals surface area contributed by atoms with E-state index < -0.39 is 5.92 Å². The number of benzene rings is 2. The van der Waals surface area contributed by atoms with Crippen molar-refractivity contribution in [3.63, 3.8) is 0 Å². The summed E-state index contributed by atoms with van der Waals surface area (Å²) in [6.45, 7) is 8.42. The highest BCUT2D eigenvalue weighted by Crippen LogP contribution is 2.40. The molecular formula is C47H53N13O5. The van der Waals surface area contributed by atoms with Gasteiger partial charge in [0.25, 0.3) is 0 Å². The fourth-order valence-electron chi connectivity index (χ4n) is 10.2. The molecule has 18 heteroatoms. The van der Waals surface area contributed by atoms with Crippen LogP contribution >= 0.6 is 0 Å². The molecule has 4 aromatic heterocycles. The minimum absolute atomic E-state index is 0.131. The van der Waals surface area contributed by atoms with Gasteiger partial charge in [0.05, 0.1) is 41.8 Å². The molecule has 4 saturated heterocycles. The fraction of sp³-hybridized carbons (Fsp3) is 0.404. The minimum Gasteiger partial charge on any atom is -0.467 e. The van der Waals surface area contributed by atoms with Crippen LogP contribution in [0.3, 0.4) is 0 Å². The summed E-state index contributed by atoms with van der Waals surface area (Å²) in [5.74, 6) is -0.288. The lowest BCUT2D eigenvalue weighted by Gasteiger charge is -2.44. The predicted molar refractivity (Wildman–Crippen MR) is 247 cm³/mol. The van der Waals surface area contributed by atoms with Crippen LogP contribution < -0.4 is 35.3 Å². The number of methoxy groups -OCH3 is 1. The number of rotatable bonds is 10. The largest absolute Gasteiger partial charge is 0.467 e. The van der Waals surface area contributed by atoms with E-state index in [2.05, 4.69) is 67.4 Å². The van der Waals surface area contributed by atoms with Gasteiger partial charge >= 0.3 is 17.7 Å². The summed E-state index contributed by atoms with van der Waals surface area (Å²) in [6, 6.07) is 18.7. The zero-order chi connectivity index (χ0) is 44.9. The van der Waals surface area contributed by atoms with Gasteiger partial charge in [-0.1, -0.05) is 13.0 Å². The first-order valence-electron chi connectivity index (χ1n) is 22.5. The third-order valence-electron chi connectivity index (χ3n) is 13.6. The van der Waals surface area contributed by atoms with Crippen LogP contribution in [0.15, 0.2) is 78.0 Å². The summed E-state index contributed by atoms with van der Waals surface area (Å²) in [6.07, 6.45) is 8.57. The monoisotopic (exact) mass is 879 g/mol. The zero-order valence-corrected chi connectivity index (χ0v) is 37.2. The van der Waals surface area contributed by atoms with Gasteiger partial charge < -0.3 is 14.5 Å². The average Bonchev–Trinajstić information content (AvgIpc) is 3.99. The molecule has 1 atom stereocenters. The number of anilines is 4. The molecule has 0 radical (unpaired) electrons. The lowest BCUT2D eigenvalue weighted by molar-refractivity contribution is -0.134. The fourth-order valence-corrected chi connectivity index (χ4v) is 10.2. The standard InChI is InChI=1S/C47H53N13O5/c1-5-34-35(14-18-49-43(34)59-26-25-58(47(59)64)33-7-6-17-48-29-33)36-10-9-32(60-45(65-4)52-54(3)46(60)63)28-40(36)57-19-15-30(16-20-57)55-21-23-56(24-22-55)31-8-11-37-39(27-31)53(2)51-42(37)38-12-13-41(61)50-44(38)62/h6-11,14,17-18,27-30,38H,5,12-13,15-16,19-26H2,1-4H3,(H,50,61,62). The molecule has 65 heavy (non-hydrogen) atoms. The number of aryl methyl sites for hydroxylation is 2. The summed E-state index contributed by atoms with van der Waals surface area (Å²) in [4.78, 5) is 71.8. The van der Waals surface area contributed by atoms with E-state index in [4.69, 9.17) is 14.8 Å². The number of urea groups is 1. The lowest BCUT2D eigenvalue weighted by atomic mass is 9.93. The van der Waals surface area contributed by atoms with Crippen LogP contribution in [-0.4, -0.2) is 122 Å². The number of nitrogens with one attached hydrogen (secondary N) is 1. The third-order valence-corrected chi connectivity index (χ3v) is 13.6. The number of piperazine rings is 1. The van der Waals surface area contributed by atoms with Gasteiger partial charge in [-0.05, 0) is 79.8 Å². The van der Waals surface area contributed by atoms with E-state index in [1.807, 2.05) is 36.0 Å². The topological polar surface area (TPSA) is 172 Å². The first kappa shape index (κ1) is 41.9. The second-order valence-electron chi connectivity index (χ2n) is 17.2. The Labute approximate surface area is 376 Å². The second kappa shape index (κ2) is 17.1. The van der Waals surface area contributed by atoms with Crippen LogP contribution in [0.25, 0.3) is 27.7 Å². The van der Waals surface area contributed by atoms with Gasteiger partial charge in [-0.15, -0.1) is 5.10 Å². The number of amides is 4. The number of nitrogens with zero attached hydrogens (tertiary/aromatic N) is 12. The summed E-state index contributed by atoms with van der Waals surface area (Å²) in [7, 11) is 5.04. The number of ether oxygens (including phenoxy) is 1. The van der Waals surface area contributed by atoms with Gasteiger partial charge in [0.1, 0.15) is 5.82 Å². The van der Waals surface area contributed by atoms with Crippen LogP contribution in [0.2, 0.25) is 0 Å². The van der Waals surface area contributed by atoms with Gasteiger partial charge in [0.15, 0.2) is 0 Å². The Hall–Kier alpha value is -7.08. The first-order chi connectivity index (χ1) is 31.6. The van der Waals surface area contributed by atoms with E-state index in [1.165, 1.54) is 16.4 Å². The van der Waals surface area contributed by atoms with Crippen LogP contribution in [0.4, 0.5) is 27.7 Å². The smallest absolute Gasteiger partial charge is 0.353 e. The van der Waals surface area contributed by atoms with E-state index in [1.54, 1.807) is 35.4 Å². The second-order valence-corrected chi connectivity index (χ2v) is 17.2. The highest BCUT2D eigenvalue weighted by Gasteiger charge is 2.35. The molecule has 10 rings (SSSR count). The van der Waals surface area contributed by atoms with E-state index in [0.29, 0.717) is 49.9 Å². The quantitative estimate of drug-likeness (QED) is 0.195. The summed E-state index contributed by atoms with van der Waals surface area (Å²) in [5.41, 5.74) is 7.90. The molecule has 4 amide bonds. The average molecular weight is 880 g/mol. The molecule has 4 aliphatic rings. The summed E-state index contributed by atoms with van der Waals surface area (Å²) < 4.78 is 10.2. The number of carbonyl (C=O) groups is 3. The number of imide groups is 1. The molecule has 0 bridgehead atoms. The highest BCUT2D eigenvalue weighted by molar-refractivity contribution is 6.06. The molecule has 1 N–H and O–H groups in total. The summed E-state index contributed by atoms with van der Waals surface area (Å²) >= 11 is 0. The molecule has 8 heterocycles. The minimum atomic E-state index is -0.434. The van der Waals surface area contributed by atoms with Crippen molar-refractivity contribution in [3.05, 3.63) is 94.9 Å². The number of carbonyl (C=O) groups excluding carboxylic acids is 3. The summed E-state index contributed by atoms with van der Waals surface area (Å²) in [5, 5.41) is 12.5. The predicted octanol–water partition coefficient (Wildman–Crippen LogP) is 4.24. The Morgan fingerprint density at radius 2 is 1.54 bits per heavy atom. The molecule has 0 spiro atoms. The molecule has 18 nitrogen and oxygen atoms in total. The zero-order valence-electron chi connectivity index (χ0n) is 37.2. The van der Waals surface area contributed by atoms with Crippen molar-refractivity contribution in [1.29, 1.82) is 0 Å². The van der Waals surface area contributed by atoms with Crippen molar-refractivity contribution in [3.8, 4) is 22.8 Å². The molecule has 0 aliphatic carbocycles. The van der Waals surface area contributed by atoms with Crippen molar-refractivity contribution in [2.24, 2.45) is 14.1 Å². The lowest BCUT2D eigenvalue weighted by Crippen LogP contribution is -2.53. The maximum absolute atomic E-state index is 13.9. The van der Waals surface area contributed by atoms with Gasteiger partial charge in [-0.3, -0.25) is 39.3 Å². The molecule has 2 aromatic carbocycles. The SMILES string of the molecule is CCc1c(-c2ccc(-n3c(OC)nn(C)c3=O)cc2N2CCC(N3CCN(c4ccc5c(C6CCC(=O)NC6=O)nn(C)c5c4)CC3)CC2)ccnc1N1CCN(c2cccnc2)C1=O. The highest BCUT2D eigenvalue weighted by atomic mass is 16.5. The normalized spacial score (nSPS) is 18.9. The Balaban J connectivity index is 0.881. The van der Waals surface area contributed by atoms with Crippen molar-refractivity contribution < 1.29 is 19.1 Å². The van der Waals surface area contributed by atoms with E-state index >= 15 is 0 Å². The number of piperidine rings is 2. The maximum atomic E-state index is 13.9. The van der Waals surface area contributed by atoms with Gasteiger partial charge in [-0.25, -0.2) is 23.8 Å². The Bertz CT molecular complexity index is 2860. The molecular weight excluding hydrogens is 827 g/mol. The Morgan fingerprint density at radius 1 is 0.754 bits per heavy atom. The van der Waals surface area contributed by atoms with E-state index in [0.717, 1.165) is 102 Å². The Morgan fingerprint density at radius 3 is 2.28 bits per heavy atom.